The number of ether oxygens (including phenoxy) is 3. The molecule has 1 rings (SSSR count). The Morgan fingerprint density at radius 2 is 2.00 bits per heavy atom. The molecule has 1 amide bonds. The zero-order valence-electron chi connectivity index (χ0n) is 12.8. The number of carbonyl (C=O) groups is 1. The molecule has 1 aromatic rings. The molecule has 0 atom stereocenters. The minimum atomic E-state index is -0.514. The first kappa shape index (κ1) is 17.3. The third-order valence-electron chi connectivity index (χ3n) is 2.70. The van der Waals surface area contributed by atoms with Crippen LogP contribution in [0.25, 0.3) is 0 Å². The van der Waals surface area contributed by atoms with E-state index < -0.39 is 5.91 Å². The molecule has 0 saturated heterocycles. The van der Waals surface area contributed by atoms with Gasteiger partial charge in [-0.3, -0.25) is 4.79 Å². The largest absolute Gasteiger partial charge is 0.493 e. The molecule has 0 bridgehead atoms. The van der Waals surface area contributed by atoms with Gasteiger partial charge in [0.05, 0.1) is 20.8 Å². The number of carbonyl (C=O) groups excluding carboxylic acids is 1. The Morgan fingerprint density at radius 1 is 1.27 bits per heavy atom. The smallest absolute Gasteiger partial charge is 0.267 e. The van der Waals surface area contributed by atoms with Crippen molar-refractivity contribution in [3.05, 3.63) is 30.0 Å². The molecule has 0 unspecified atom stereocenters. The van der Waals surface area contributed by atoms with Crippen LogP contribution in [0, 0.1) is 11.3 Å². The van der Waals surface area contributed by atoms with Crippen LogP contribution in [0.1, 0.15) is 0 Å². The van der Waals surface area contributed by atoms with E-state index in [0.717, 1.165) is 0 Å². The molecule has 0 spiro atoms. The van der Waals surface area contributed by atoms with E-state index in [4.69, 9.17) is 19.5 Å². The maximum atomic E-state index is 12.0. The van der Waals surface area contributed by atoms with E-state index in [-0.39, 0.29) is 5.57 Å². The minimum absolute atomic E-state index is 0.0362. The van der Waals surface area contributed by atoms with E-state index in [2.05, 4.69) is 10.6 Å². The summed E-state index contributed by atoms with van der Waals surface area (Å²) >= 11 is 0. The van der Waals surface area contributed by atoms with Crippen LogP contribution in [-0.2, 0) is 9.53 Å². The van der Waals surface area contributed by atoms with Gasteiger partial charge < -0.3 is 24.8 Å². The lowest BCUT2D eigenvalue weighted by atomic mass is 10.2. The Kier molecular flexibility index (Phi) is 7.29. The van der Waals surface area contributed by atoms with Crippen LogP contribution in [0.4, 0.5) is 5.69 Å². The van der Waals surface area contributed by atoms with Gasteiger partial charge in [0.1, 0.15) is 11.6 Å². The normalized spacial score (nSPS) is 10.5. The summed E-state index contributed by atoms with van der Waals surface area (Å²) in [5, 5.41) is 14.5. The number of anilines is 1. The third-order valence-corrected chi connectivity index (χ3v) is 2.70. The van der Waals surface area contributed by atoms with Gasteiger partial charge in [-0.05, 0) is 12.1 Å². The number of hydrogen-bond donors (Lipinski definition) is 2. The lowest BCUT2D eigenvalue weighted by molar-refractivity contribution is -0.112. The SMILES string of the molecule is COCCN/C=C(/C#N)C(=O)Nc1ccc(OC)c(OC)c1. The topological polar surface area (TPSA) is 92.6 Å². The van der Waals surface area contributed by atoms with Crippen molar-refractivity contribution in [1.82, 2.24) is 5.32 Å². The molecular weight excluding hydrogens is 286 g/mol. The zero-order chi connectivity index (χ0) is 16.4. The second kappa shape index (κ2) is 9.26. The first-order valence-electron chi connectivity index (χ1n) is 6.52. The number of rotatable bonds is 8. The number of hydrogen-bond acceptors (Lipinski definition) is 6. The average molecular weight is 305 g/mol. The average Bonchev–Trinajstić information content (AvgIpc) is 2.54. The van der Waals surface area contributed by atoms with Crippen LogP contribution in [0.2, 0.25) is 0 Å². The Balaban J connectivity index is 2.76. The molecule has 0 aromatic heterocycles. The highest BCUT2D eigenvalue weighted by atomic mass is 16.5. The predicted molar refractivity (Wildman–Crippen MR) is 81.8 cm³/mol. The lowest BCUT2D eigenvalue weighted by Crippen LogP contribution is -2.18. The highest BCUT2D eigenvalue weighted by Crippen LogP contribution is 2.29. The molecule has 0 aliphatic carbocycles. The van der Waals surface area contributed by atoms with Crippen molar-refractivity contribution in [3.63, 3.8) is 0 Å². The van der Waals surface area contributed by atoms with Crippen LogP contribution in [0.15, 0.2) is 30.0 Å². The number of nitrogens with one attached hydrogen (secondary N) is 2. The molecule has 7 nitrogen and oxygen atoms in total. The van der Waals surface area contributed by atoms with Crippen molar-refractivity contribution in [2.75, 3.05) is 39.8 Å². The highest BCUT2D eigenvalue weighted by molar-refractivity contribution is 6.06. The van der Waals surface area contributed by atoms with Crippen LogP contribution in [0.3, 0.4) is 0 Å². The summed E-state index contributed by atoms with van der Waals surface area (Å²) < 4.78 is 15.1. The highest BCUT2D eigenvalue weighted by Gasteiger charge is 2.11. The summed E-state index contributed by atoms with van der Waals surface area (Å²) in [6.07, 6.45) is 1.36. The number of benzene rings is 1. The fourth-order valence-electron chi connectivity index (χ4n) is 1.60. The minimum Gasteiger partial charge on any atom is -0.493 e. The molecule has 22 heavy (non-hydrogen) atoms. The molecule has 0 aliphatic rings. The first-order valence-corrected chi connectivity index (χ1v) is 6.52. The van der Waals surface area contributed by atoms with Crippen molar-refractivity contribution >= 4 is 11.6 Å². The molecule has 2 N–H and O–H groups in total. The van der Waals surface area contributed by atoms with E-state index in [0.29, 0.717) is 30.3 Å². The van der Waals surface area contributed by atoms with E-state index >= 15 is 0 Å². The summed E-state index contributed by atoms with van der Waals surface area (Å²) in [6.45, 7) is 0.984. The van der Waals surface area contributed by atoms with Gasteiger partial charge in [-0.25, -0.2) is 0 Å². The standard InChI is InChI=1S/C15H19N3O4/c1-20-7-6-17-10-11(9-16)15(19)18-12-4-5-13(21-2)14(8-12)22-3/h4-5,8,10,17H,6-7H2,1-3H3,(H,18,19)/b11-10-. The van der Waals surface area contributed by atoms with Crippen LogP contribution in [0.5, 0.6) is 11.5 Å². The van der Waals surface area contributed by atoms with Gasteiger partial charge in [0.25, 0.3) is 5.91 Å². The molecular formula is C15H19N3O4. The summed E-state index contributed by atoms with van der Waals surface area (Å²) in [5.41, 5.74) is 0.464. The van der Waals surface area contributed by atoms with Gasteiger partial charge in [-0.15, -0.1) is 0 Å². The van der Waals surface area contributed by atoms with E-state index in [1.165, 1.54) is 20.4 Å². The Hall–Kier alpha value is -2.72. The summed E-state index contributed by atoms with van der Waals surface area (Å²) in [5.74, 6) is 0.526. The monoisotopic (exact) mass is 305 g/mol. The predicted octanol–water partition coefficient (Wildman–Crippen LogP) is 1.29. The van der Waals surface area contributed by atoms with Crippen molar-refractivity contribution in [3.8, 4) is 17.6 Å². The number of nitrogens with zero attached hydrogens (tertiary/aromatic N) is 1. The quantitative estimate of drug-likeness (QED) is 0.427. The van der Waals surface area contributed by atoms with Gasteiger partial charge in [0, 0.05) is 31.6 Å². The molecule has 7 heteroatoms. The molecule has 0 aliphatic heterocycles. The van der Waals surface area contributed by atoms with Crippen molar-refractivity contribution in [1.29, 1.82) is 5.26 Å². The molecule has 0 heterocycles. The van der Waals surface area contributed by atoms with Gasteiger partial charge in [0.2, 0.25) is 0 Å². The first-order chi connectivity index (χ1) is 10.7. The Labute approximate surface area is 129 Å². The Bertz CT molecular complexity index is 579. The number of methoxy groups -OCH3 is 3. The van der Waals surface area contributed by atoms with Crippen molar-refractivity contribution < 1.29 is 19.0 Å². The third kappa shape index (κ3) is 5.00. The second-order valence-electron chi connectivity index (χ2n) is 4.14. The van der Waals surface area contributed by atoms with Crippen LogP contribution >= 0.6 is 0 Å². The summed E-state index contributed by atoms with van der Waals surface area (Å²) in [4.78, 5) is 12.0. The Morgan fingerprint density at radius 3 is 2.59 bits per heavy atom. The summed E-state index contributed by atoms with van der Waals surface area (Å²) in [6, 6.07) is 6.78. The van der Waals surface area contributed by atoms with E-state index in [9.17, 15) is 4.79 Å². The second-order valence-corrected chi connectivity index (χ2v) is 4.14. The zero-order valence-corrected chi connectivity index (χ0v) is 12.8. The van der Waals surface area contributed by atoms with Crippen LogP contribution < -0.4 is 20.1 Å². The maximum absolute atomic E-state index is 12.0. The van der Waals surface area contributed by atoms with E-state index in [1.807, 2.05) is 6.07 Å². The van der Waals surface area contributed by atoms with Crippen molar-refractivity contribution in [2.24, 2.45) is 0 Å². The molecule has 0 radical (unpaired) electrons. The molecule has 1 aromatic carbocycles. The number of nitriles is 1. The van der Waals surface area contributed by atoms with Crippen LogP contribution in [-0.4, -0.2) is 40.4 Å². The fourth-order valence-corrected chi connectivity index (χ4v) is 1.60. The maximum Gasteiger partial charge on any atom is 0.267 e. The van der Waals surface area contributed by atoms with Crippen molar-refractivity contribution in [2.45, 2.75) is 0 Å². The lowest BCUT2D eigenvalue weighted by Gasteiger charge is -2.10. The van der Waals surface area contributed by atoms with Gasteiger partial charge in [0.15, 0.2) is 11.5 Å². The fraction of sp³-hybridized carbons (Fsp3) is 0.333. The summed E-state index contributed by atoms with van der Waals surface area (Å²) in [7, 11) is 4.60. The molecule has 118 valence electrons. The van der Waals surface area contributed by atoms with E-state index in [1.54, 1.807) is 25.3 Å². The molecule has 0 fully saturated rings. The number of amides is 1. The molecule has 0 saturated carbocycles. The van der Waals surface area contributed by atoms with Gasteiger partial charge >= 0.3 is 0 Å². The van der Waals surface area contributed by atoms with Gasteiger partial charge in [-0.1, -0.05) is 0 Å². The van der Waals surface area contributed by atoms with Gasteiger partial charge in [-0.2, -0.15) is 5.26 Å².